The van der Waals surface area contributed by atoms with Crippen LogP contribution in [-0.4, -0.2) is 20.9 Å². The molecule has 1 aromatic heterocycles. The van der Waals surface area contributed by atoms with Gasteiger partial charge in [-0.3, -0.25) is 9.48 Å². The molecular weight excluding hydrogens is 364 g/mol. The Bertz CT molecular complexity index is 1070. The van der Waals surface area contributed by atoms with Gasteiger partial charge in [-0.25, -0.2) is 0 Å². The highest BCUT2D eigenvalue weighted by Gasteiger charge is 2.13. The number of carboxylic acid groups (broad SMARTS) is 1. The first-order valence-electron chi connectivity index (χ1n) is 9.73. The van der Waals surface area contributed by atoms with Crippen LogP contribution in [-0.2, 0) is 11.4 Å². The van der Waals surface area contributed by atoms with Gasteiger partial charge >= 0.3 is 5.97 Å². The summed E-state index contributed by atoms with van der Waals surface area (Å²) in [6.45, 7) is 8.45. The first kappa shape index (κ1) is 20.5. The highest BCUT2D eigenvalue weighted by Crippen LogP contribution is 2.25. The quantitative estimate of drug-likeness (QED) is 0.571. The van der Waals surface area contributed by atoms with Gasteiger partial charge < -0.3 is 9.84 Å². The summed E-state index contributed by atoms with van der Waals surface area (Å²) in [4.78, 5) is 11.0. The summed E-state index contributed by atoms with van der Waals surface area (Å²) in [6.07, 6.45) is -0.00946. The first-order chi connectivity index (χ1) is 13.9. The van der Waals surface area contributed by atoms with E-state index in [0.717, 1.165) is 33.5 Å². The van der Waals surface area contributed by atoms with Crippen molar-refractivity contribution < 1.29 is 14.6 Å². The molecule has 1 atom stereocenters. The summed E-state index contributed by atoms with van der Waals surface area (Å²) >= 11 is 0. The number of carboxylic acids is 1. The number of benzene rings is 2. The van der Waals surface area contributed by atoms with Crippen LogP contribution in [0.3, 0.4) is 0 Å². The second-order valence-corrected chi connectivity index (χ2v) is 7.38. The van der Waals surface area contributed by atoms with Crippen LogP contribution in [0.25, 0.3) is 10.9 Å². The Hall–Kier alpha value is -3.26. The van der Waals surface area contributed by atoms with E-state index in [1.165, 1.54) is 0 Å². The highest BCUT2D eigenvalue weighted by molar-refractivity contribution is 5.82. The molecule has 0 bridgehead atoms. The Morgan fingerprint density at radius 2 is 1.93 bits per heavy atom. The zero-order valence-corrected chi connectivity index (χ0v) is 17.3. The lowest BCUT2D eigenvalue weighted by Gasteiger charge is -2.11. The molecule has 0 saturated carbocycles. The van der Waals surface area contributed by atoms with E-state index in [0.29, 0.717) is 12.6 Å². The first-order valence-corrected chi connectivity index (χ1v) is 9.73. The van der Waals surface area contributed by atoms with Gasteiger partial charge in [0.15, 0.2) is 0 Å². The number of aliphatic carboxylic acids is 1. The van der Waals surface area contributed by atoms with E-state index in [1.807, 2.05) is 35.9 Å². The van der Waals surface area contributed by atoms with Gasteiger partial charge in [-0.15, -0.1) is 5.92 Å². The van der Waals surface area contributed by atoms with E-state index in [9.17, 15) is 4.79 Å². The largest absolute Gasteiger partial charge is 0.489 e. The molecule has 5 heteroatoms. The van der Waals surface area contributed by atoms with E-state index in [1.54, 1.807) is 6.92 Å². The maximum atomic E-state index is 11.0. The van der Waals surface area contributed by atoms with E-state index >= 15 is 0 Å². The van der Waals surface area contributed by atoms with Gasteiger partial charge in [-0.2, -0.15) is 5.10 Å². The van der Waals surface area contributed by atoms with E-state index < -0.39 is 5.97 Å². The fourth-order valence-electron chi connectivity index (χ4n) is 3.39. The lowest BCUT2D eigenvalue weighted by molar-refractivity contribution is -0.137. The standard InChI is InChI=1S/C24H26N2O3/c1-5-6-20(14-24(27)28)19-8-10-21(11-9-19)29-15-18-7-12-23-22(13-18)17(4)25-26(23)16(2)3/h7-13,16,20H,14-15H2,1-4H3,(H,27,28)/t20-/m0/s1. The van der Waals surface area contributed by atoms with Crippen LogP contribution in [0, 0.1) is 18.8 Å². The third-order valence-electron chi connectivity index (χ3n) is 4.83. The molecule has 150 valence electrons. The molecule has 0 aliphatic rings. The topological polar surface area (TPSA) is 64.3 Å². The van der Waals surface area contributed by atoms with Crippen molar-refractivity contribution in [2.75, 3.05) is 0 Å². The smallest absolute Gasteiger partial charge is 0.304 e. The maximum Gasteiger partial charge on any atom is 0.304 e. The predicted octanol–water partition coefficient (Wildman–Crippen LogP) is 5.09. The van der Waals surface area contributed by atoms with Crippen molar-refractivity contribution >= 4 is 16.9 Å². The molecule has 0 aliphatic heterocycles. The molecule has 3 rings (SSSR count). The normalized spacial score (nSPS) is 11.9. The Balaban J connectivity index is 1.72. The summed E-state index contributed by atoms with van der Waals surface area (Å²) < 4.78 is 7.97. The fraction of sp³-hybridized carbons (Fsp3) is 0.333. The molecule has 2 aromatic carbocycles. The van der Waals surface area contributed by atoms with Crippen molar-refractivity contribution in [1.82, 2.24) is 9.78 Å². The molecule has 0 amide bonds. The number of aryl methyl sites for hydroxylation is 1. The molecule has 1 N–H and O–H groups in total. The number of hydrogen-bond acceptors (Lipinski definition) is 3. The molecule has 29 heavy (non-hydrogen) atoms. The van der Waals surface area contributed by atoms with Gasteiger partial charge in [0.1, 0.15) is 12.4 Å². The highest BCUT2D eigenvalue weighted by atomic mass is 16.5. The third kappa shape index (κ3) is 4.78. The number of hydrogen-bond donors (Lipinski definition) is 1. The summed E-state index contributed by atoms with van der Waals surface area (Å²) in [6, 6.07) is 14.1. The van der Waals surface area contributed by atoms with E-state index in [2.05, 4.69) is 49.0 Å². The van der Waals surface area contributed by atoms with Crippen LogP contribution in [0.15, 0.2) is 42.5 Å². The molecule has 0 radical (unpaired) electrons. The number of nitrogens with zero attached hydrogens (tertiary/aromatic N) is 2. The minimum absolute atomic E-state index is 0.00946. The summed E-state index contributed by atoms with van der Waals surface area (Å²) in [7, 11) is 0. The van der Waals surface area contributed by atoms with Crippen molar-refractivity contribution in [3.8, 4) is 17.6 Å². The van der Waals surface area contributed by atoms with Crippen molar-refractivity contribution in [1.29, 1.82) is 0 Å². The second-order valence-electron chi connectivity index (χ2n) is 7.38. The summed E-state index contributed by atoms with van der Waals surface area (Å²) in [5, 5.41) is 14.8. The minimum atomic E-state index is -0.857. The molecule has 0 unspecified atom stereocenters. The Morgan fingerprint density at radius 3 is 2.55 bits per heavy atom. The molecule has 0 fully saturated rings. The van der Waals surface area contributed by atoms with Crippen LogP contribution in [0.4, 0.5) is 0 Å². The number of carbonyl (C=O) groups is 1. The summed E-state index contributed by atoms with van der Waals surface area (Å²) in [5.74, 6) is 5.34. The van der Waals surface area contributed by atoms with E-state index in [4.69, 9.17) is 9.84 Å². The van der Waals surface area contributed by atoms with Crippen LogP contribution in [0.5, 0.6) is 5.75 Å². The van der Waals surface area contributed by atoms with Gasteiger partial charge in [0.2, 0.25) is 0 Å². The molecular formula is C24H26N2O3. The average Bonchev–Trinajstić information content (AvgIpc) is 3.03. The van der Waals surface area contributed by atoms with Gasteiger partial charge in [-0.05, 0) is 63.1 Å². The maximum absolute atomic E-state index is 11.0. The van der Waals surface area contributed by atoms with Gasteiger partial charge in [-0.1, -0.05) is 24.1 Å². The van der Waals surface area contributed by atoms with Gasteiger partial charge in [0, 0.05) is 11.4 Å². The molecule has 3 aromatic rings. The zero-order chi connectivity index (χ0) is 21.0. The average molecular weight is 390 g/mol. The van der Waals surface area contributed by atoms with Crippen LogP contribution >= 0.6 is 0 Å². The zero-order valence-electron chi connectivity index (χ0n) is 17.3. The fourth-order valence-corrected chi connectivity index (χ4v) is 3.39. The monoisotopic (exact) mass is 390 g/mol. The summed E-state index contributed by atoms with van der Waals surface area (Å²) in [5.41, 5.74) is 4.11. The molecule has 0 spiro atoms. The Morgan fingerprint density at radius 1 is 1.21 bits per heavy atom. The van der Waals surface area contributed by atoms with Crippen molar-refractivity contribution in [2.24, 2.45) is 0 Å². The van der Waals surface area contributed by atoms with Crippen LogP contribution in [0.2, 0.25) is 0 Å². The lowest BCUT2D eigenvalue weighted by atomic mass is 9.96. The van der Waals surface area contributed by atoms with Crippen molar-refractivity contribution in [3.05, 3.63) is 59.3 Å². The minimum Gasteiger partial charge on any atom is -0.489 e. The van der Waals surface area contributed by atoms with Crippen molar-refractivity contribution in [2.45, 2.75) is 52.7 Å². The second kappa shape index (κ2) is 8.83. The number of rotatable bonds is 7. The molecule has 0 aliphatic carbocycles. The van der Waals surface area contributed by atoms with Gasteiger partial charge in [0.05, 0.1) is 23.5 Å². The Kier molecular flexibility index (Phi) is 6.23. The predicted molar refractivity (Wildman–Crippen MR) is 114 cm³/mol. The van der Waals surface area contributed by atoms with Gasteiger partial charge in [0.25, 0.3) is 0 Å². The SMILES string of the molecule is CC#C[C@@H](CC(=O)O)c1ccc(OCc2ccc3c(c2)c(C)nn3C(C)C)cc1. The van der Waals surface area contributed by atoms with Crippen LogP contribution < -0.4 is 4.74 Å². The van der Waals surface area contributed by atoms with E-state index in [-0.39, 0.29) is 12.3 Å². The van der Waals surface area contributed by atoms with Crippen molar-refractivity contribution in [3.63, 3.8) is 0 Å². The van der Waals surface area contributed by atoms with Crippen LogP contribution in [0.1, 0.15) is 56.0 Å². The third-order valence-corrected chi connectivity index (χ3v) is 4.83. The molecule has 1 heterocycles. The molecule has 0 saturated heterocycles. The number of ether oxygens (including phenoxy) is 1. The number of fused-ring (bicyclic) bond motifs is 1. The lowest BCUT2D eigenvalue weighted by Crippen LogP contribution is -2.04. The Labute approximate surface area is 171 Å². The molecule has 5 nitrogen and oxygen atoms in total. The number of aromatic nitrogens is 2.